The largest absolute Gasteiger partial charge is 0.463 e. The Bertz CT molecular complexity index is 888. The van der Waals surface area contributed by atoms with Gasteiger partial charge in [-0.15, -0.1) is 0 Å². The molecule has 1 rings (SSSR count). The lowest BCUT2D eigenvalue weighted by atomic mass is 9.96. The number of ether oxygens (including phenoxy) is 6. The Morgan fingerprint density at radius 2 is 1.41 bits per heavy atom. The van der Waals surface area contributed by atoms with Crippen LogP contribution in [0.5, 0.6) is 0 Å². The van der Waals surface area contributed by atoms with Crippen LogP contribution >= 0.6 is 0 Å². The Labute approximate surface area is 226 Å². The Balaban J connectivity index is 2.86. The lowest BCUT2D eigenvalue weighted by Gasteiger charge is -2.44. The molecule has 222 valence electrons. The van der Waals surface area contributed by atoms with E-state index >= 15 is 0 Å². The number of amides is 3. The van der Waals surface area contributed by atoms with Gasteiger partial charge in [0.1, 0.15) is 31.0 Å². The van der Waals surface area contributed by atoms with E-state index in [1.54, 1.807) is 20.8 Å². The maximum absolute atomic E-state index is 12.3. The molecule has 1 saturated heterocycles. The maximum Gasteiger partial charge on any atom is 0.407 e. The van der Waals surface area contributed by atoms with Crippen molar-refractivity contribution >= 4 is 35.8 Å². The average molecular weight is 562 g/mol. The molecule has 0 aliphatic carbocycles. The molecule has 15 nitrogen and oxygen atoms in total. The summed E-state index contributed by atoms with van der Waals surface area (Å²) in [6, 6.07) is -1.19. The van der Waals surface area contributed by atoms with E-state index in [-0.39, 0.29) is 13.1 Å². The SMILES string of the molecule is CC(=O)N[C@H]1[C@H](OCC(=O)NCCCNC(=O)OC(C)(C)C)O[C@H](COC(C)=O)[C@H](OC(C)=O)[C@@H]1OC(C)=O. The fraction of sp³-hybridized carbons (Fsp3) is 0.750. The highest BCUT2D eigenvalue weighted by atomic mass is 16.7. The maximum atomic E-state index is 12.3. The summed E-state index contributed by atoms with van der Waals surface area (Å²) in [6.07, 6.45) is -5.24. The van der Waals surface area contributed by atoms with Crippen LogP contribution in [0, 0.1) is 0 Å². The predicted molar refractivity (Wildman–Crippen MR) is 132 cm³/mol. The molecular weight excluding hydrogens is 522 g/mol. The molecule has 3 amide bonds. The highest BCUT2D eigenvalue weighted by Crippen LogP contribution is 2.28. The number of nitrogens with one attached hydrogen (secondary N) is 3. The Kier molecular flexibility index (Phi) is 13.6. The topological polar surface area (TPSA) is 194 Å². The van der Waals surface area contributed by atoms with E-state index in [1.807, 2.05) is 0 Å². The lowest BCUT2D eigenvalue weighted by molar-refractivity contribution is -0.276. The van der Waals surface area contributed by atoms with Crippen molar-refractivity contribution < 1.29 is 57.2 Å². The van der Waals surface area contributed by atoms with Crippen molar-refractivity contribution in [2.45, 2.75) is 91.1 Å². The number of carbonyl (C=O) groups excluding carboxylic acids is 6. The quantitative estimate of drug-likeness (QED) is 0.160. The number of hydrogen-bond acceptors (Lipinski definition) is 12. The first kappa shape index (κ1) is 33.6. The zero-order valence-electron chi connectivity index (χ0n) is 23.3. The van der Waals surface area contributed by atoms with Crippen LogP contribution in [0.2, 0.25) is 0 Å². The molecule has 1 heterocycles. The summed E-state index contributed by atoms with van der Waals surface area (Å²) >= 11 is 0. The molecule has 0 spiro atoms. The monoisotopic (exact) mass is 561 g/mol. The highest BCUT2D eigenvalue weighted by molar-refractivity contribution is 5.77. The van der Waals surface area contributed by atoms with Crippen LogP contribution in [0.15, 0.2) is 0 Å². The summed E-state index contributed by atoms with van der Waals surface area (Å²) in [6.45, 7) is 9.36. The van der Waals surface area contributed by atoms with Crippen molar-refractivity contribution in [3.63, 3.8) is 0 Å². The minimum atomic E-state index is -1.36. The minimum Gasteiger partial charge on any atom is -0.463 e. The van der Waals surface area contributed by atoms with Gasteiger partial charge in [0, 0.05) is 40.8 Å². The van der Waals surface area contributed by atoms with Crippen molar-refractivity contribution in [3.8, 4) is 0 Å². The van der Waals surface area contributed by atoms with Gasteiger partial charge in [-0.2, -0.15) is 0 Å². The third kappa shape index (κ3) is 13.8. The molecule has 39 heavy (non-hydrogen) atoms. The second-order valence-electron chi connectivity index (χ2n) is 9.66. The third-order valence-corrected chi connectivity index (χ3v) is 4.79. The van der Waals surface area contributed by atoms with Crippen LogP contribution in [0.25, 0.3) is 0 Å². The van der Waals surface area contributed by atoms with Crippen molar-refractivity contribution in [2.75, 3.05) is 26.3 Å². The molecule has 1 fully saturated rings. The van der Waals surface area contributed by atoms with Crippen molar-refractivity contribution in [3.05, 3.63) is 0 Å². The summed E-state index contributed by atoms with van der Waals surface area (Å²) < 4.78 is 32.2. The average Bonchev–Trinajstić information content (AvgIpc) is 2.77. The minimum absolute atomic E-state index is 0.207. The van der Waals surface area contributed by atoms with Crippen molar-refractivity contribution in [1.82, 2.24) is 16.0 Å². The van der Waals surface area contributed by atoms with Gasteiger partial charge in [-0.05, 0) is 27.2 Å². The second-order valence-corrected chi connectivity index (χ2v) is 9.66. The number of rotatable bonds is 12. The molecule has 5 atom stereocenters. The molecule has 1 aliphatic heterocycles. The second kappa shape index (κ2) is 15.8. The Morgan fingerprint density at radius 1 is 0.821 bits per heavy atom. The zero-order chi connectivity index (χ0) is 29.8. The van der Waals surface area contributed by atoms with Gasteiger partial charge < -0.3 is 44.4 Å². The molecule has 0 aromatic heterocycles. The summed E-state index contributed by atoms with van der Waals surface area (Å²) in [5.41, 5.74) is -0.629. The van der Waals surface area contributed by atoms with Crippen LogP contribution < -0.4 is 16.0 Å². The van der Waals surface area contributed by atoms with Gasteiger partial charge in [0.25, 0.3) is 0 Å². The number of carbonyl (C=O) groups is 6. The molecule has 3 N–H and O–H groups in total. The molecule has 0 radical (unpaired) electrons. The van der Waals surface area contributed by atoms with Gasteiger partial charge >= 0.3 is 24.0 Å². The smallest absolute Gasteiger partial charge is 0.407 e. The van der Waals surface area contributed by atoms with Gasteiger partial charge in [-0.25, -0.2) is 4.79 Å². The molecule has 0 unspecified atom stereocenters. The summed E-state index contributed by atoms with van der Waals surface area (Å²) in [5, 5.41) is 7.71. The first-order valence-corrected chi connectivity index (χ1v) is 12.3. The first-order valence-electron chi connectivity index (χ1n) is 12.3. The van der Waals surface area contributed by atoms with E-state index in [9.17, 15) is 28.8 Å². The summed E-state index contributed by atoms with van der Waals surface area (Å²) in [7, 11) is 0. The number of esters is 3. The fourth-order valence-corrected chi connectivity index (χ4v) is 3.46. The standard InChI is InChI=1S/C24H39N3O12/c1-13(28)27-19-21(37-16(4)31)20(36-15(3)30)17(11-34-14(2)29)38-22(19)35-12-18(32)25-9-8-10-26-23(33)39-24(5,6)7/h17,19-22H,8-12H2,1-7H3,(H,25,32)(H,26,33)(H,27,28)/t17-,19-,20+,21-,22-/m1/s1. The highest BCUT2D eigenvalue weighted by Gasteiger charge is 2.51. The molecule has 0 bridgehead atoms. The van der Waals surface area contributed by atoms with Gasteiger partial charge in [-0.3, -0.25) is 24.0 Å². The van der Waals surface area contributed by atoms with Crippen LogP contribution in [0.3, 0.4) is 0 Å². The van der Waals surface area contributed by atoms with E-state index in [2.05, 4.69) is 16.0 Å². The summed E-state index contributed by atoms with van der Waals surface area (Å²) in [4.78, 5) is 70.9. The van der Waals surface area contributed by atoms with Crippen molar-refractivity contribution in [2.24, 2.45) is 0 Å². The lowest BCUT2D eigenvalue weighted by Crippen LogP contribution is -2.66. The zero-order valence-corrected chi connectivity index (χ0v) is 23.3. The number of hydrogen-bond donors (Lipinski definition) is 3. The summed E-state index contributed by atoms with van der Waals surface area (Å²) in [5.74, 6) is -3.23. The van der Waals surface area contributed by atoms with Gasteiger partial charge in [-0.1, -0.05) is 0 Å². The Hall–Kier alpha value is -3.46. The van der Waals surface area contributed by atoms with Crippen LogP contribution in [-0.2, 0) is 52.4 Å². The van der Waals surface area contributed by atoms with Gasteiger partial charge in [0.15, 0.2) is 18.5 Å². The van der Waals surface area contributed by atoms with Crippen LogP contribution in [-0.4, -0.2) is 98.4 Å². The van der Waals surface area contributed by atoms with E-state index < -0.39 is 85.3 Å². The normalized spacial score (nSPS) is 22.6. The molecular formula is C24H39N3O12. The van der Waals surface area contributed by atoms with E-state index in [4.69, 9.17) is 28.4 Å². The first-order chi connectivity index (χ1) is 18.1. The predicted octanol–water partition coefficient (Wildman–Crippen LogP) is -0.310. The molecule has 1 aliphatic rings. The van der Waals surface area contributed by atoms with E-state index in [1.165, 1.54) is 6.92 Å². The third-order valence-electron chi connectivity index (χ3n) is 4.79. The number of alkyl carbamates (subject to hydrolysis) is 1. The fourth-order valence-electron chi connectivity index (χ4n) is 3.46. The van der Waals surface area contributed by atoms with Crippen LogP contribution in [0.1, 0.15) is 54.9 Å². The molecule has 0 saturated carbocycles. The van der Waals surface area contributed by atoms with Crippen molar-refractivity contribution in [1.29, 1.82) is 0 Å². The van der Waals surface area contributed by atoms with E-state index in [0.717, 1.165) is 20.8 Å². The van der Waals surface area contributed by atoms with Crippen LogP contribution in [0.4, 0.5) is 4.79 Å². The Morgan fingerprint density at radius 3 is 1.95 bits per heavy atom. The molecule has 15 heteroatoms. The molecule has 0 aromatic rings. The molecule has 0 aromatic carbocycles. The van der Waals surface area contributed by atoms with Gasteiger partial charge in [0.2, 0.25) is 11.8 Å². The van der Waals surface area contributed by atoms with E-state index in [0.29, 0.717) is 6.42 Å². The van der Waals surface area contributed by atoms with Gasteiger partial charge in [0.05, 0.1) is 0 Å².